The number of nitrogens with zero attached hydrogens (tertiary/aromatic N) is 1. The van der Waals surface area contributed by atoms with Gasteiger partial charge >= 0.3 is 0 Å². The number of carbonyl (C=O) groups is 1. The number of carbonyl (C=O) groups excluding carboxylic acids is 1. The third-order valence-corrected chi connectivity index (χ3v) is 4.67. The van der Waals surface area contributed by atoms with Gasteiger partial charge in [-0.1, -0.05) is 0 Å². The van der Waals surface area contributed by atoms with Crippen LogP contribution in [-0.2, 0) is 14.8 Å². The SMILES string of the molecule is Cc1cc(S(N)(=O)=O)c(C)cc1OCC(=O)N(C)C1CC1. The first kappa shape index (κ1) is 15.8. The Morgan fingerprint density at radius 1 is 1.33 bits per heavy atom. The zero-order valence-corrected chi connectivity index (χ0v) is 13.2. The number of hydrogen-bond acceptors (Lipinski definition) is 4. The van der Waals surface area contributed by atoms with Gasteiger partial charge < -0.3 is 9.64 Å². The predicted octanol–water partition coefficient (Wildman–Crippen LogP) is 0.950. The standard InChI is InChI=1S/C14H20N2O4S/c1-9-7-13(21(15,18)19)10(2)6-12(9)20-8-14(17)16(3)11-4-5-11/h6-7,11H,4-5,8H2,1-3H3,(H2,15,18,19). The number of sulfonamides is 1. The van der Waals surface area contributed by atoms with Crippen LogP contribution in [-0.4, -0.2) is 38.9 Å². The van der Waals surface area contributed by atoms with Crippen LogP contribution >= 0.6 is 0 Å². The van der Waals surface area contributed by atoms with Gasteiger partial charge in [-0.05, 0) is 49.9 Å². The average molecular weight is 312 g/mol. The molecule has 0 unspecified atom stereocenters. The second-order valence-corrected chi connectivity index (χ2v) is 6.98. The summed E-state index contributed by atoms with van der Waals surface area (Å²) in [6.45, 7) is 3.31. The Kier molecular flexibility index (Phi) is 4.25. The lowest BCUT2D eigenvalue weighted by atomic mass is 10.1. The second kappa shape index (κ2) is 5.65. The molecule has 0 heterocycles. The number of hydrogen-bond donors (Lipinski definition) is 1. The number of nitrogens with two attached hydrogens (primary N) is 1. The summed E-state index contributed by atoms with van der Waals surface area (Å²) >= 11 is 0. The van der Waals surface area contributed by atoms with Crippen molar-refractivity contribution in [3.63, 3.8) is 0 Å². The third kappa shape index (κ3) is 3.74. The molecular formula is C14H20N2O4S. The van der Waals surface area contributed by atoms with Crippen LogP contribution in [0.4, 0.5) is 0 Å². The fourth-order valence-corrected chi connectivity index (χ4v) is 2.98. The molecule has 1 saturated carbocycles. The van der Waals surface area contributed by atoms with Gasteiger partial charge in [0.15, 0.2) is 6.61 Å². The van der Waals surface area contributed by atoms with E-state index < -0.39 is 10.0 Å². The molecule has 1 aliphatic rings. The van der Waals surface area contributed by atoms with E-state index >= 15 is 0 Å². The van der Waals surface area contributed by atoms with Crippen molar-refractivity contribution in [2.45, 2.75) is 37.6 Å². The molecule has 0 radical (unpaired) electrons. The first-order chi connectivity index (χ1) is 9.70. The summed E-state index contributed by atoms with van der Waals surface area (Å²) in [4.78, 5) is 13.7. The van der Waals surface area contributed by atoms with Crippen molar-refractivity contribution in [1.29, 1.82) is 0 Å². The number of rotatable bonds is 5. The topological polar surface area (TPSA) is 89.7 Å². The van der Waals surface area contributed by atoms with Gasteiger partial charge in [-0.3, -0.25) is 4.79 Å². The van der Waals surface area contributed by atoms with Gasteiger partial charge in [0.1, 0.15) is 5.75 Å². The van der Waals surface area contributed by atoms with E-state index in [1.807, 2.05) is 0 Å². The molecule has 0 aromatic heterocycles. The Hall–Kier alpha value is -1.60. The molecule has 2 rings (SSSR count). The Bertz CT molecular complexity index is 666. The number of benzene rings is 1. The zero-order valence-electron chi connectivity index (χ0n) is 12.4. The molecule has 21 heavy (non-hydrogen) atoms. The molecule has 0 saturated heterocycles. The summed E-state index contributed by atoms with van der Waals surface area (Å²) in [6, 6.07) is 3.41. The highest BCUT2D eigenvalue weighted by Gasteiger charge is 2.29. The van der Waals surface area contributed by atoms with Crippen LogP contribution in [0.1, 0.15) is 24.0 Å². The fourth-order valence-electron chi connectivity index (χ4n) is 2.13. The molecule has 1 amide bonds. The molecule has 7 heteroatoms. The largest absolute Gasteiger partial charge is 0.483 e. The van der Waals surface area contributed by atoms with Crippen LogP contribution in [0.5, 0.6) is 5.75 Å². The lowest BCUT2D eigenvalue weighted by Crippen LogP contribution is -2.33. The minimum atomic E-state index is -3.75. The number of aryl methyl sites for hydroxylation is 2. The summed E-state index contributed by atoms with van der Waals surface area (Å²) < 4.78 is 28.4. The molecule has 6 nitrogen and oxygen atoms in total. The molecule has 2 N–H and O–H groups in total. The smallest absolute Gasteiger partial charge is 0.260 e. The maximum absolute atomic E-state index is 11.9. The summed E-state index contributed by atoms with van der Waals surface area (Å²) in [5.74, 6) is 0.419. The lowest BCUT2D eigenvalue weighted by molar-refractivity contribution is -0.132. The van der Waals surface area contributed by atoms with E-state index in [1.54, 1.807) is 31.9 Å². The maximum atomic E-state index is 11.9. The molecule has 1 fully saturated rings. The molecule has 0 aliphatic heterocycles. The van der Waals surface area contributed by atoms with Gasteiger partial charge in [0.2, 0.25) is 10.0 Å². The number of primary sulfonamides is 1. The van der Waals surface area contributed by atoms with E-state index in [0.717, 1.165) is 12.8 Å². The van der Waals surface area contributed by atoms with Crippen LogP contribution in [0.15, 0.2) is 17.0 Å². The zero-order chi connectivity index (χ0) is 15.8. The summed E-state index contributed by atoms with van der Waals surface area (Å²) in [6.07, 6.45) is 2.09. The van der Waals surface area contributed by atoms with Crippen molar-refractivity contribution in [3.8, 4) is 5.75 Å². The number of amides is 1. The molecular weight excluding hydrogens is 292 g/mol. The lowest BCUT2D eigenvalue weighted by Gasteiger charge is -2.17. The minimum absolute atomic E-state index is 0.0536. The third-order valence-electron chi connectivity index (χ3n) is 3.62. The average Bonchev–Trinajstić information content (AvgIpc) is 3.21. The van der Waals surface area contributed by atoms with E-state index in [0.29, 0.717) is 22.9 Å². The Morgan fingerprint density at radius 3 is 2.48 bits per heavy atom. The number of likely N-dealkylation sites (N-methyl/N-ethyl adjacent to an activating group) is 1. The molecule has 1 aliphatic carbocycles. The minimum Gasteiger partial charge on any atom is -0.483 e. The van der Waals surface area contributed by atoms with Crippen molar-refractivity contribution in [2.75, 3.05) is 13.7 Å². The quantitative estimate of drug-likeness (QED) is 0.876. The van der Waals surface area contributed by atoms with Crippen LogP contribution in [0, 0.1) is 13.8 Å². The van der Waals surface area contributed by atoms with Crippen LogP contribution in [0.25, 0.3) is 0 Å². The van der Waals surface area contributed by atoms with E-state index in [-0.39, 0.29) is 17.4 Å². The summed E-state index contributed by atoms with van der Waals surface area (Å²) in [7, 11) is -1.98. The predicted molar refractivity (Wildman–Crippen MR) is 78.6 cm³/mol. The Balaban J connectivity index is 2.10. The van der Waals surface area contributed by atoms with Crippen LogP contribution < -0.4 is 9.88 Å². The normalized spacial score (nSPS) is 14.9. The second-order valence-electron chi connectivity index (χ2n) is 5.45. The van der Waals surface area contributed by atoms with Crippen LogP contribution in [0.3, 0.4) is 0 Å². The maximum Gasteiger partial charge on any atom is 0.260 e. The summed E-state index contributed by atoms with van der Waals surface area (Å²) in [5.41, 5.74) is 1.13. The van der Waals surface area contributed by atoms with E-state index in [4.69, 9.17) is 9.88 Å². The van der Waals surface area contributed by atoms with E-state index in [1.165, 1.54) is 6.07 Å². The number of ether oxygens (including phenoxy) is 1. The van der Waals surface area contributed by atoms with Crippen molar-refractivity contribution in [1.82, 2.24) is 4.90 Å². The van der Waals surface area contributed by atoms with Crippen LogP contribution in [0.2, 0.25) is 0 Å². The van der Waals surface area contributed by atoms with E-state index in [2.05, 4.69) is 0 Å². The molecule has 1 aromatic carbocycles. The highest BCUT2D eigenvalue weighted by molar-refractivity contribution is 7.89. The van der Waals surface area contributed by atoms with Crippen molar-refractivity contribution in [3.05, 3.63) is 23.3 Å². The highest BCUT2D eigenvalue weighted by Crippen LogP contribution is 2.27. The first-order valence-corrected chi connectivity index (χ1v) is 8.27. The van der Waals surface area contributed by atoms with E-state index in [9.17, 15) is 13.2 Å². The summed E-state index contributed by atoms with van der Waals surface area (Å²) in [5, 5.41) is 5.15. The Labute approximate surface area is 124 Å². The van der Waals surface area contributed by atoms with Gasteiger partial charge in [-0.2, -0.15) is 0 Å². The molecule has 0 spiro atoms. The fraction of sp³-hybridized carbons (Fsp3) is 0.500. The molecule has 116 valence electrons. The first-order valence-electron chi connectivity index (χ1n) is 6.72. The molecule has 1 aromatic rings. The van der Waals surface area contributed by atoms with Gasteiger partial charge in [0.25, 0.3) is 5.91 Å². The molecule has 0 bridgehead atoms. The monoisotopic (exact) mass is 312 g/mol. The van der Waals surface area contributed by atoms with Gasteiger partial charge in [-0.25, -0.2) is 13.6 Å². The molecule has 0 atom stereocenters. The van der Waals surface area contributed by atoms with Gasteiger partial charge in [0.05, 0.1) is 4.90 Å². The highest BCUT2D eigenvalue weighted by atomic mass is 32.2. The van der Waals surface area contributed by atoms with Gasteiger partial charge in [-0.15, -0.1) is 0 Å². The van der Waals surface area contributed by atoms with Crippen molar-refractivity contribution < 1.29 is 17.9 Å². The van der Waals surface area contributed by atoms with Crippen molar-refractivity contribution in [2.24, 2.45) is 5.14 Å². The van der Waals surface area contributed by atoms with Crippen molar-refractivity contribution >= 4 is 15.9 Å². The Morgan fingerprint density at radius 2 is 1.95 bits per heavy atom. The van der Waals surface area contributed by atoms with Gasteiger partial charge in [0, 0.05) is 13.1 Å².